The van der Waals surface area contributed by atoms with Crippen molar-refractivity contribution in [2.45, 2.75) is 38.8 Å². The van der Waals surface area contributed by atoms with Gasteiger partial charge in [-0.15, -0.1) is 0 Å². The highest BCUT2D eigenvalue weighted by molar-refractivity contribution is 5.35. The summed E-state index contributed by atoms with van der Waals surface area (Å²) in [6.45, 7) is 5.71. The van der Waals surface area contributed by atoms with E-state index in [4.69, 9.17) is 4.74 Å². The van der Waals surface area contributed by atoms with Gasteiger partial charge in [0.25, 0.3) is 0 Å². The average molecular weight is 244 g/mol. The van der Waals surface area contributed by atoms with E-state index in [0.29, 0.717) is 0 Å². The van der Waals surface area contributed by atoms with Gasteiger partial charge in [0.05, 0.1) is 12.2 Å². The largest absolute Gasteiger partial charge is 0.377 e. The van der Waals surface area contributed by atoms with E-state index in [1.165, 1.54) is 5.56 Å². The number of aryl methyl sites for hydroxylation is 2. The maximum absolute atomic E-state index is 9.32. The summed E-state index contributed by atoms with van der Waals surface area (Å²) in [5.74, 6) is 0. The first kappa shape index (κ1) is 13.1. The Labute approximate surface area is 109 Å². The Kier molecular flexibility index (Phi) is 4.35. The molecule has 1 aliphatic rings. The zero-order valence-corrected chi connectivity index (χ0v) is 11.1. The number of hydrogen-bond acceptors (Lipinski definition) is 3. The fourth-order valence-electron chi connectivity index (χ4n) is 2.35. The van der Waals surface area contributed by atoms with Crippen LogP contribution in [0.1, 0.15) is 35.6 Å². The van der Waals surface area contributed by atoms with Crippen LogP contribution in [0, 0.1) is 25.2 Å². The number of nitriles is 1. The van der Waals surface area contributed by atoms with Crippen molar-refractivity contribution in [2.24, 2.45) is 0 Å². The summed E-state index contributed by atoms with van der Waals surface area (Å²) in [6.07, 6.45) is 2.50. The van der Waals surface area contributed by atoms with Gasteiger partial charge in [-0.1, -0.05) is 23.8 Å². The van der Waals surface area contributed by atoms with E-state index in [-0.39, 0.29) is 12.1 Å². The number of hydrogen-bond donors (Lipinski definition) is 1. The summed E-state index contributed by atoms with van der Waals surface area (Å²) in [6, 6.07) is 8.34. The van der Waals surface area contributed by atoms with Crippen LogP contribution in [-0.4, -0.2) is 19.3 Å². The molecular weight excluding hydrogens is 224 g/mol. The minimum absolute atomic E-state index is 0.242. The normalized spacial score (nSPS) is 20.6. The van der Waals surface area contributed by atoms with E-state index in [1.807, 2.05) is 6.92 Å². The van der Waals surface area contributed by atoms with Crippen LogP contribution in [0.5, 0.6) is 0 Å². The van der Waals surface area contributed by atoms with E-state index in [1.54, 1.807) is 0 Å². The Bertz CT molecular complexity index is 444. The average Bonchev–Trinajstić information content (AvgIpc) is 2.87. The molecule has 1 aliphatic heterocycles. The summed E-state index contributed by atoms with van der Waals surface area (Å²) >= 11 is 0. The zero-order valence-electron chi connectivity index (χ0n) is 11.1. The van der Waals surface area contributed by atoms with Crippen LogP contribution < -0.4 is 5.32 Å². The van der Waals surface area contributed by atoms with Crippen LogP contribution in [0.3, 0.4) is 0 Å². The molecular formula is C15H20N2O. The number of nitrogens with one attached hydrogen (secondary N) is 1. The molecule has 1 heterocycles. The minimum atomic E-state index is -0.242. The Morgan fingerprint density at radius 1 is 1.50 bits per heavy atom. The van der Waals surface area contributed by atoms with Crippen LogP contribution in [-0.2, 0) is 4.74 Å². The van der Waals surface area contributed by atoms with E-state index in [9.17, 15) is 5.26 Å². The van der Waals surface area contributed by atoms with Crippen LogP contribution in [0.15, 0.2) is 18.2 Å². The summed E-state index contributed by atoms with van der Waals surface area (Å²) in [5, 5.41) is 12.6. The van der Waals surface area contributed by atoms with Gasteiger partial charge >= 0.3 is 0 Å². The van der Waals surface area contributed by atoms with Crippen molar-refractivity contribution in [3.8, 4) is 6.07 Å². The number of nitrogens with zero attached hydrogens (tertiary/aromatic N) is 1. The second-order valence-electron chi connectivity index (χ2n) is 4.97. The van der Waals surface area contributed by atoms with Crippen LogP contribution in [0.2, 0.25) is 0 Å². The molecule has 1 aromatic rings. The van der Waals surface area contributed by atoms with Crippen LogP contribution in [0.25, 0.3) is 0 Å². The molecule has 0 aliphatic carbocycles. The SMILES string of the molecule is Cc1ccc(C)c(C(C#N)NCC2CCCO2)c1. The van der Waals surface area contributed by atoms with Crippen LogP contribution >= 0.6 is 0 Å². The number of benzene rings is 1. The quantitative estimate of drug-likeness (QED) is 0.885. The minimum Gasteiger partial charge on any atom is -0.377 e. The summed E-state index contributed by atoms with van der Waals surface area (Å²) in [5.41, 5.74) is 3.43. The molecule has 0 aromatic heterocycles. The highest BCUT2D eigenvalue weighted by Crippen LogP contribution is 2.19. The molecule has 2 rings (SSSR count). The first-order chi connectivity index (χ1) is 8.70. The lowest BCUT2D eigenvalue weighted by Crippen LogP contribution is -2.29. The van der Waals surface area contributed by atoms with Crippen molar-refractivity contribution in [3.05, 3.63) is 34.9 Å². The molecule has 0 spiro atoms. The molecule has 3 heteroatoms. The first-order valence-corrected chi connectivity index (χ1v) is 6.52. The molecule has 2 atom stereocenters. The second kappa shape index (κ2) is 5.99. The summed E-state index contributed by atoms with van der Waals surface area (Å²) in [4.78, 5) is 0. The van der Waals surface area contributed by atoms with Gasteiger partial charge in [0.15, 0.2) is 0 Å². The van der Waals surface area contributed by atoms with Crippen molar-refractivity contribution in [3.63, 3.8) is 0 Å². The van der Waals surface area contributed by atoms with Gasteiger partial charge in [-0.3, -0.25) is 5.32 Å². The van der Waals surface area contributed by atoms with E-state index >= 15 is 0 Å². The molecule has 0 bridgehead atoms. The smallest absolute Gasteiger partial charge is 0.121 e. The highest BCUT2D eigenvalue weighted by Gasteiger charge is 2.18. The van der Waals surface area contributed by atoms with Crippen molar-refractivity contribution < 1.29 is 4.74 Å². The highest BCUT2D eigenvalue weighted by atomic mass is 16.5. The van der Waals surface area contributed by atoms with E-state index in [2.05, 4.69) is 36.5 Å². The van der Waals surface area contributed by atoms with Gasteiger partial charge in [-0.2, -0.15) is 5.26 Å². The van der Waals surface area contributed by atoms with Gasteiger partial charge in [-0.25, -0.2) is 0 Å². The molecule has 1 fully saturated rings. The predicted octanol–water partition coefficient (Wildman–Crippen LogP) is 2.64. The lowest BCUT2D eigenvalue weighted by atomic mass is 9.99. The molecule has 3 nitrogen and oxygen atoms in total. The van der Waals surface area contributed by atoms with Crippen molar-refractivity contribution in [2.75, 3.05) is 13.2 Å². The molecule has 18 heavy (non-hydrogen) atoms. The van der Waals surface area contributed by atoms with Gasteiger partial charge in [-0.05, 0) is 37.8 Å². The maximum Gasteiger partial charge on any atom is 0.121 e. The number of rotatable bonds is 4. The van der Waals surface area contributed by atoms with Crippen molar-refractivity contribution >= 4 is 0 Å². The Balaban J connectivity index is 2.03. The molecule has 1 N–H and O–H groups in total. The van der Waals surface area contributed by atoms with Crippen molar-refractivity contribution in [1.29, 1.82) is 5.26 Å². The Morgan fingerprint density at radius 2 is 2.33 bits per heavy atom. The fourth-order valence-corrected chi connectivity index (χ4v) is 2.35. The van der Waals surface area contributed by atoms with Gasteiger partial charge in [0.1, 0.15) is 6.04 Å². The fraction of sp³-hybridized carbons (Fsp3) is 0.533. The van der Waals surface area contributed by atoms with E-state index in [0.717, 1.165) is 37.1 Å². The summed E-state index contributed by atoms with van der Waals surface area (Å²) < 4.78 is 5.57. The third-order valence-electron chi connectivity index (χ3n) is 3.45. The standard InChI is InChI=1S/C15H20N2O/c1-11-5-6-12(2)14(8-11)15(9-16)17-10-13-4-3-7-18-13/h5-6,8,13,15,17H,3-4,7,10H2,1-2H3. The second-order valence-corrected chi connectivity index (χ2v) is 4.97. The molecule has 0 radical (unpaired) electrons. The molecule has 0 amide bonds. The molecule has 0 saturated carbocycles. The third-order valence-corrected chi connectivity index (χ3v) is 3.45. The predicted molar refractivity (Wildman–Crippen MR) is 71.2 cm³/mol. The molecule has 1 saturated heterocycles. The topological polar surface area (TPSA) is 45.0 Å². The van der Waals surface area contributed by atoms with Gasteiger partial charge < -0.3 is 4.74 Å². The molecule has 2 unspecified atom stereocenters. The molecule has 96 valence electrons. The number of ether oxygens (including phenoxy) is 1. The lowest BCUT2D eigenvalue weighted by molar-refractivity contribution is 0.109. The zero-order chi connectivity index (χ0) is 13.0. The molecule has 1 aromatic carbocycles. The first-order valence-electron chi connectivity index (χ1n) is 6.52. The van der Waals surface area contributed by atoms with Crippen LogP contribution in [0.4, 0.5) is 0 Å². The third kappa shape index (κ3) is 3.10. The van der Waals surface area contributed by atoms with Gasteiger partial charge in [0, 0.05) is 13.2 Å². The maximum atomic E-state index is 9.32. The summed E-state index contributed by atoms with van der Waals surface area (Å²) in [7, 11) is 0. The van der Waals surface area contributed by atoms with Gasteiger partial charge in [0.2, 0.25) is 0 Å². The Hall–Kier alpha value is -1.37. The lowest BCUT2D eigenvalue weighted by Gasteiger charge is -2.17. The monoisotopic (exact) mass is 244 g/mol. The Morgan fingerprint density at radius 3 is 3.00 bits per heavy atom. The van der Waals surface area contributed by atoms with E-state index < -0.39 is 0 Å². The van der Waals surface area contributed by atoms with Crippen molar-refractivity contribution in [1.82, 2.24) is 5.32 Å².